The van der Waals surface area contributed by atoms with Crippen molar-refractivity contribution in [3.63, 3.8) is 0 Å². The highest BCUT2D eigenvalue weighted by Crippen LogP contribution is 2.12. The largest absolute Gasteiger partial charge is 0.423 e. The molecular weight excluding hydrogens is 248 g/mol. The summed E-state index contributed by atoms with van der Waals surface area (Å²) in [5, 5.41) is 0. The summed E-state index contributed by atoms with van der Waals surface area (Å²) in [5.41, 5.74) is 3.11. The van der Waals surface area contributed by atoms with Crippen LogP contribution in [-0.4, -0.2) is 5.97 Å². The molecule has 2 nitrogen and oxygen atoms in total. The van der Waals surface area contributed by atoms with Gasteiger partial charge in [0.15, 0.2) is 0 Å². The summed E-state index contributed by atoms with van der Waals surface area (Å²) in [6, 6.07) is 15.1. The van der Waals surface area contributed by atoms with Gasteiger partial charge in [-0.2, -0.15) is 0 Å². The van der Waals surface area contributed by atoms with Crippen LogP contribution in [0.15, 0.2) is 61.2 Å². The summed E-state index contributed by atoms with van der Waals surface area (Å²) < 4.78 is 5.19. The number of aryl methyl sites for hydroxylation is 1. The third kappa shape index (κ3) is 3.95. The number of ether oxygens (including phenoxy) is 1. The molecular formula is C18H16O2. The van der Waals surface area contributed by atoms with E-state index >= 15 is 0 Å². The molecule has 0 bridgehead atoms. The van der Waals surface area contributed by atoms with Crippen LogP contribution in [0.2, 0.25) is 0 Å². The Bertz CT molecular complexity index is 619. The quantitative estimate of drug-likeness (QED) is 0.468. The van der Waals surface area contributed by atoms with Crippen molar-refractivity contribution in [1.82, 2.24) is 0 Å². The molecule has 0 N–H and O–H groups in total. The van der Waals surface area contributed by atoms with Crippen LogP contribution in [0.5, 0.6) is 5.75 Å². The van der Waals surface area contributed by atoms with Crippen molar-refractivity contribution in [2.75, 3.05) is 0 Å². The number of carbonyl (C=O) groups is 1. The number of benzene rings is 2. The van der Waals surface area contributed by atoms with Crippen LogP contribution >= 0.6 is 0 Å². The van der Waals surface area contributed by atoms with Crippen LogP contribution in [0.1, 0.15) is 16.7 Å². The van der Waals surface area contributed by atoms with Crippen molar-refractivity contribution in [3.8, 4) is 5.75 Å². The molecule has 0 radical (unpaired) electrons. The van der Waals surface area contributed by atoms with Crippen molar-refractivity contribution < 1.29 is 9.53 Å². The monoisotopic (exact) mass is 264 g/mol. The average Bonchev–Trinajstić information content (AvgIpc) is 2.48. The first-order valence-corrected chi connectivity index (χ1v) is 6.36. The molecule has 0 atom stereocenters. The van der Waals surface area contributed by atoms with Crippen LogP contribution in [0.25, 0.3) is 12.2 Å². The third-order valence-corrected chi connectivity index (χ3v) is 2.82. The fourth-order valence-electron chi connectivity index (χ4n) is 1.66. The van der Waals surface area contributed by atoms with Crippen LogP contribution < -0.4 is 4.74 Å². The van der Waals surface area contributed by atoms with Gasteiger partial charge in [0.25, 0.3) is 0 Å². The summed E-state index contributed by atoms with van der Waals surface area (Å²) in [6.45, 7) is 5.68. The maximum Gasteiger partial charge on any atom is 0.336 e. The number of rotatable bonds is 4. The Morgan fingerprint density at radius 1 is 1.00 bits per heavy atom. The summed E-state index contributed by atoms with van der Waals surface area (Å²) >= 11 is 0. The molecule has 0 aromatic heterocycles. The highest BCUT2D eigenvalue weighted by molar-refractivity contribution is 5.88. The SMILES string of the molecule is C=Cc1ccc(/C=C/C(=O)Oc2ccc(C)cc2)cc1. The van der Waals surface area contributed by atoms with E-state index in [4.69, 9.17) is 4.74 Å². The first-order valence-electron chi connectivity index (χ1n) is 6.36. The molecule has 0 saturated heterocycles. The molecule has 0 aliphatic heterocycles. The Kier molecular flexibility index (Phi) is 4.51. The molecule has 2 rings (SSSR count). The van der Waals surface area contributed by atoms with Crippen molar-refractivity contribution >= 4 is 18.1 Å². The van der Waals surface area contributed by atoms with Gasteiger partial charge in [0.2, 0.25) is 0 Å². The zero-order chi connectivity index (χ0) is 14.4. The number of carbonyl (C=O) groups excluding carboxylic acids is 1. The van der Waals surface area contributed by atoms with Crippen LogP contribution in [0.4, 0.5) is 0 Å². The summed E-state index contributed by atoms with van der Waals surface area (Å²) in [7, 11) is 0. The summed E-state index contributed by atoms with van der Waals surface area (Å²) in [5.74, 6) is 0.161. The lowest BCUT2D eigenvalue weighted by molar-refractivity contribution is -0.128. The van der Waals surface area contributed by atoms with E-state index in [2.05, 4.69) is 6.58 Å². The Morgan fingerprint density at radius 3 is 2.20 bits per heavy atom. The van der Waals surface area contributed by atoms with Gasteiger partial charge in [-0.05, 0) is 36.3 Å². The van der Waals surface area contributed by atoms with E-state index < -0.39 is 0 Å². The lowest BCUT2D eigenvalue weighted by Gasteiger charge is -2.01. The number of hydrogen-bond acceptors (Lipinski definition) is 2. The minimum atomic E-state index is -0.387. The molecule has 100 valence electrons. The molecule has 0 aliphatic rings. The second kappa shape index (κ2) is 6.53. The van der Waals surface area contributed by atoms with Gasteiger partial charge >= 0.3 is 5.97 Å². The topological polar surface area (TPSA) is 26.3 Å². The van der Waals surface area contributed by atoms with Gasteiger partial charge in [-0.25, -0.2) is 4.79 Å². The first kappa shape index (κ1) is 13.8. The van der Waals surface area contributed by atoms with E-state index in [0.717, 1.165) is 16.7 Å². The highest BCUT2D eigenvalue weighted by Gasteiger charge is 1.99. The lowest BCUT2D eigenvalue weighted by atomic mass is 10.1. The predicted molar refractivity (Wildman–Crippen MR) is 82.4 cm³/mol. The van der Waals surface area contributed by atoms with Gasteiger partial charge in [0.05, 0.1) is 0 Å². The molecule has 20 heavy (non-hydrogen) atoms. The molecule has 2 aromatic carbocycles. The molecule has 0 amide bonds. The summed E-state index contributed by atoms with van der Waals surface area (Å²) in [6.07, 6.45) is 4.92. The number of esters is 1. The zero-order valence-corrected chi connectivity index (χ0v) is 11.4. The zero-order valence-electron chi connectivity index (χ0n) is 11.4. The first-order chi connectivity index (χ1) is 9.67. The maximum absolute atomic E-state index is 11.7. The average molecular weight is 264 g/mol. The van der Waals surface area contributed by atoms with Gasteiger partial charge in [0.1, 0.15) is 5.75 Å². The van der Waals surface area contributed by atoms with E-state index in [0.29, 0.717) is 5.75 Å². The predicted octanol–water partition coefficient (Wildman–Crippen LogP) is 4.26. The normalized spacial score (nSPS) is 10.4. The third-order valence-electron chi connectivity index (χ3n) is 2.82. The van der Waals surface area contributed by atoms with Gasteiger partial charge in [0, 0.05) is 6.08 Å². The molecule has 0 spiro atoms. The van der Waals surface area contributed by atoms with Crippen LogP contribution in [0.3, 0.4) is 0 Å². The van der Waals surface area contributed by atoms with E-state index in [-0.39, 0.29) is 5.97 Å². The van der Waals surface area contributed by atoms with Gasteiger partial charge in [-0.15, -0.1) is 0 Å². The standard InChI is InChI=1S/C18H16O2/c1-3-15-6-8-16(9-7-15)10-13-18(19)20-17-11-4-14(2)5-12-17/h3-13H,1H2,2H3/b13-10+. The van der Waals surface area contributed by atoms with E-state index in [1.54, 1.807) is 24.3 Å². The van der Waals surface area contributed by atoms with Gasteiger partial charge < -0.3 is 4.74 Å². The van der Waals surface area contributed by atoms with Crippen molar-refractivity contribution in [2.45, 2.75) is 6.92 Å². The minimum Gasteiger partial charge on any atom is -0.423 e. The molecule has 0 fully saturated rings. The van der Waals surface area contributed by atoms with E-state index in [1.807, 2.05) is 43.3 Å². The molecule has 2 aromatic rings. The van der Waals surface area contributed by atoms with Crippen LogP contribution in [0, 0.1) is 6.92 Å². The van der Waals surface area contributed by atoms with Crippen molar-refractivity contribution in [1.29, 1.82) is 0 Å². The maximum atomic E-state index is 11.7. The Morgan fingerprint density at radius 2 is 1.60 bits per heavy atom. The molecule has 0 saturated carbocycles. The molecule has 2 heteroatoms. The minimum absolute atomic E-state index is 0.387. The Hall–Kier alpha value is -2.61. The smallest absolute Gasteiger partial charge is 0.336 e. The molecule has 0 aliphatic carbocycles. The molecule has 0 heterocycles. The van der Waals surface area contributed by atoms with Gasteiger partial charge in [-0.3, -0.25) is 0 Å². The van der Waals surface area contributed by atoms with Gasteiger partial charge in [-0.1, -0.05) is 54.6 Å². The highest BCUT2D eigenvalue weighted by atomic mass is 16.5. The fourth-order valence-corrected chi connectivity index (χ4v) is 1.66. The fraction of sp³-hybridized carbons (Fsp3) is 0.0556. The number of hydrogen-bond donors (Lipinski definition) is 0. The Balaban J connectivity index is 1.97. The van der Waals surface area contributed by atoms with E-state index in [9.17, 15) is 4.79 Å². The second-order valence-electron chi connectivity index (χ2n) is 4.44. The van der Waals surface area contributed by atoms with Crippen molar-refractivity contribution in [3.05, 3.63) is 77.9 Å². The van der Waals surface area contributed by atoms with E-state index in [1.165, 1.54) is 6.08 Å². The Labute approximate surface area is 119 Å². The second-order valence-corrected chi connectivity index (χ2v) is 4.44. The lowest BCUT2D eigenvalue weighted by Crippen LogP contribution is -2.03. The van der Waals surface area contributed by atoms with Crippen LogP contribution in [-0.2, 0) is 4.79 Å². The van der Waals surface area contributed by atoms with Crippen molar-refractivity contribution in [2.24, 2.45) is 0 Å². The molecule has 0 unspecified atom stereocenters. The summed E-state index contributed by atoms with van der Waals surface area (Å²) in [4.78, 5) is 11.7.